The molecule has 0 bridgehead atoms. The molecule has 0 unspecified atom stereocenters. The van der Waals surface area contributed by atoms with Crippen LogP contribution in [0, 0.1) is 17.7 Å². The number of aliphatic hydroxyl groups excluding tert-OH is 1. The van der Waals surface area contributed by atoms with E-state index in [1.807, 2.05) is 4.90 Å². The molecule has 1 aromatic carbocycles. The number of ether oxygens (including phenoxy) is 2. The van der Waals surface area contributed by atoms with Crippen molar-refractivity contribution in [1.29, 1.82) is 0 Å². The smallest absolute Gasteiger partial charge is 0.236 e. The molecule has 1 N–H and O–H groups in total. The van der Waals surface area contributed by atoms with Crippen LogP contribution in [0.5, 0.6) is 5.75 Å². The second-order valence-corrected chi connectivity index (χ2v) is 7.86. The third-order valence-electron chi connectivity index (χ3n) is 5.98. The number of nitrogens with zero attached hydrogens (tertiary/aromatic N) is 2. The summed E-state index contributed by atoms with van der Waals surface area (Å²) in [6, 6.07) is 5.91. The minimum Gasteiger partial charge on any atom is -0.488 e. The normalized spacial score (nSPS) is 31.6. The number of likely N-dealkylation sites (tertiary alicyclic amines) is 1. The number of carbonyl (C=O) groups is 1. The lowest BCUT2D eigenvalue weighted by Crippen LogP contribution is -2.45. The van der Waals surface area contributed by atoms with Crippen molar-refractivity contribution in [3.05, 3.63) is 30.1 Å². The molecule has 2 aliphatic heterocycles. The van der Waals surface area contributed by atoms with Crippen LogP contribution in [0.1, 0.15) is 12.8 Å². The van der Waals surface area contributed by atoms with Gasteiger partial charge in [-0.05, 0) is 48.9 Å². The first-order valence-electron chi connectivity index (χ1n) is 9.76. The largest absolute Gasteiger partial charge is 0.488 e. The lowest BCUT2D eigenvalue weighted by atomic mass is 9.78. The number of halogens is 1. The number of aliphatic hydroxyl groups is 1. The van der Waals surface area contributed by atoms with Gasteiger partial charge in [-0.15, -0.1) is 0 Å². The molecule has 3 aliphatic rings. The quantitative estimate of drug-likeness (QED) is 0.851. The van der Waals surface area contributed by atoms with Crippen LogP contribution >= 0.6 is 0 Å². The molecule has 7 heteroatoms. The van der Waals surface area contributed by atoms with Crippen molar-refractivity contribution >= 4 is 5.91 Å². The van der Waals surface area contributed by atoms with Crippen LogP contribution in [0.15, 0.2) is 24.3 Å². The number of fused-ring (bicyclic) bond motifs is 1. The third-order valence-corrected chi connectivity index (χ3v) is 5.98. The first kappa shape index (κ1) is 18.7. The fourth-order valence-electron chi connectivity index (χ4n) is 4.54. The van der Waals surface area contributed by atoms with Crippen LogP contribution < -0.4 is 4.74 Å². The Morgan fingerprint density at radius 2 is 1.81 bits per heavy atom. The first-order valence-corrected chi connectivity index (χ1v) is 9.76. The number of amides is 1. The Labute approximate surface area is 158 Å². The summed E-state index contributed by atoms with van der Waals surface area (Å²) >= 11 is 0. The molecule has 27 heavy (non-hydrogen) atoms. The van der Waals surface area contributed by atoms with Gasteiger partial charge >= 0.3 is 0 Å². The van der Waals surface area contributed by atoms with Crippen LogP contribution in [0.2, 0.25) is 0 Å². The summed E-state index contributed by atoms with van der Waals surface area (Å²) in [7, 11) is 0. The average Bonchev–Trinajstić information content (AvgIpc) is 3.05. The zero-order chi connectivity index (χ0) is 18.8. The molecule has 1 aliphatic carbocycles. The van der Waals surface area contributed by atoms with Gasteiger partial charge in [-0.3, -0.25) is 9.69 Å². The maximum atomic E-state index is 13.1. The van der Waals surface area contributed by atoms with E-state index < -0.39 is 6.10 Å². The fourth-order valence-corrected chi connectivity index (χ4v) is 4.54. The topological polar surface area (TPSA) is 62.2 Å². The van der Waals surface area contributed by atoms with E-state index in [1.165, 1.54) is 12.1 Å². The van der Waals surface area contributed by atoms with Crippen LogP contribution in [0.25, 0.3) is 0 Å². The number of benzene rings is 1. The fraction of sp³-hybridized carbons (Fsp3) is 0.650. The van der Waals surface area contributed by atoms with Gasteiger partial charge in [-0.1, -0.05) is 0 Å². The molecular formula is C20H27FN2O4. The molecule has 1 amide bonds. The highest BCUT2D eigenvalue weighted by atomic mass is 19.1. The lowest BCUT2D eigenvalue weighted by molar-refractivity contribution is -0.136. The summed E-state index contributed by atoms with van der Waals surface area (Å²) in [6.45, 7) is 4.72. The molecule has 3 fully saturated rings. The summed E-state index contributed by atoms with van der Waals surface area (Å²) < 4.78 is 24.3. The van der Waals surface area contributed by atoms with Crippen molar-refractivity contribution in [1.82, 2.24) is 9.80 Å². The third kappa shape index (κ3) is 4.42. The molecule has 4 atom stereocenters. The maximum absolute atomic E-state index is 13.1. The van der Waals surface area contributed by atoms with Crippen LogP contribution in [0.3, 0.4) is 0 Å². The zero-order valence-electron chi connectivity index (χ0n) is 15.4. The average molecular weight is 378 g/mol. The molecule has 6 nitrogen and oxygen atoms in total. The van der Waals surface area contributed by atoms with Crippen molar-refractivity contribution < 1.29 is 23.8 Å². The summed E-state index contributed by atoms with van der Waals surface area (Å²) in [4.78, 5) is 16.6. The van der Waals surface area contributed by atoms with Gasteiger partial charge in [0.25, 0.3) is 0 Å². The van der Waals surface area contributed by atoms with Crippen molar-refractivity contribution in [2.75, 3.05) is 45.9 Å². The van der Waals surface area contributed by atoms with E-state index in [1.54, 1.807) is 12.1 Å². The summed E-state index contributed by atoms with van der Waals surface area (Å²) in [5.41, 5.74) is 0. The molecule has 1 saturated carbocycles. The van der Waals surface area contributed by atoms with Crippen molar-refractivity contribution in [3.63, 3.8) is 0 Å². The standard InChI is InChI=1S/C20H27FN2O4/c21-16-1-3-17(4-2-16)27-19-10-15-12-22(11-14(15)9-18(19)24)13-20(25)23-5-7-26-8-6-23/h1-4,14-15,18-19,24H,5-13H2/t14-,15+,18+,19+/m0/s1. The summed E-state index contributed by atoms with van der Waals surface area (Å²) in [6.07, 6.45) is 0.613. The Morgan fingerprint density at radius 1 is 1.15 bits per heavy atom. The second-order valence-electron chi connectivity index (χ2n) is 7.86. The van der Waals surface area contributed by atoms with Crippen LogP contribution in [-0.4, -0.2) is 79.0 Å². The highest BCUT2D eigenvalue weighted by Gasteiger charge is 2.43. The number of hydrogen-bond acceptors (Lipinski definition) is 5. The van der Waals surface area contributed by atoms with Gasteiger partial charge < -0.3 is 19.5 Å². The van der Waals surface area contributed by atoms with Crippen molar-refractivity contribution in [2.45, 2.75) is 25.0 Å². The lowest BCUT2D eigenvalue weighted by Gasteiger charge is -2.35. The molecular weight excluding hydrogens is 351 g/mol. The van der Waals surface area contributed by atoms with Gasteiger partial charge in [-0.25, -0.2) is 4.39 Å². The van der Waals surface area contributed by atoms with Gasteiger partial charge in [0.2, 0.25) is 5.91 Å². The Morgan fingerprint density at radius 3 is 2.52 bits per heavy atom. The van der Waals surface area contributed by atoms with Crippen LogP contribution in [0.4, 0.5) is 4.39 Å². The Balaban J connectivity index is 1.31. The van der Waals surface area contributed by atoms with E-state index in [9.17, 15) is 14.3 Å². The Hall–Kier alpha value is -1.70. The molecule has 4 rings (SSSR count). The predicted octanol–water partition coefficient (Wildman–Crippen LogP) is 1.13. The number of hydrogen-bond donors (Lipinski definition) is 1. The van der Waals surface area contributed by atoms with E-state index in [0.29, 0.717) is 56.9 Å². The predicted molar refractivity (Wildman–Crippen MR) is 96.9 cm³/mol. The van der Waals surface area contributed by atoms with Crippen molar-refractivity contribution in [3.8, 4) is 5.75 Å². The summed E-state index contributed by atoms with van der Waals surface area (Å²) in [5.74, 6) is 1.25. The van der Waals surface area contributed by atoms with Gasteiger partial charge in [0.1, 0.15) is 17.7 Å². The van der Waals surface area contributed by atoms with E-state index in [0.717, 1.165) is 19.5 Å². The number of rotatable bonds is 4. The minimum atomic E-state index is -0.536. The molecule has 0 radical (unpaired) electrons. The second kappa shape index (κ2) is 8.12. The molecule has 0 aromatic heterocycles. The van der Waals surface area contributed by atoms with Crippen molar-refractivity contribution in [2.24, 2.45) is 11.8 Å². The van der Waals surface area contributed by atoms with Gasteiger partial charge in [0.05, 0.1) is 25.9 Å². The molecule has 2 saturated heterocycles. The molecule has 148 valence electrons. The van der Waals surface area contributed by atoms with Gasteiger partial charge in [-0.2, -0.15) is 0 Å². The van der Waals surface area contributed by atoms with E-state index >= 15 is 0 Å². The zero-order valence-corrected chi connectivity index (χ0v) is 15.4. The SMILES string of the molecule is O=C(CN1C[C@H]2C[C@@H](Oc3ccc(F)cc3)[C@H](O)C[C@H]2C1)N1CCOCC1. The monoisotopic (exact) mass is 378 g/mol. The highest BCUT2D eigenvalue weighted by molar-refractivity contribution is 5.78. The van der Waals surface area contributed by atoms with E-state index in [-0.39, 0.29) is 17.8 Å². The molecule has 0 spiro atoms. The van der Waals surface area contributed by atoms with Gasteiger partial charge in [0.15, 0.2) is 0 Å². The number of morpholine rings is 1. The molecule has 2 heterocycles. The van der Waals surface area contributed by atoms with Gasteiger partial charge in [0, 0.05) is 26.2 Å². The van der Waals surface area contributed by atoms with E-state index in [2.05, 4.69) is 4.90 Å². The minimum absolute atomic E-state index is 0.164. The number of carbonyl (C=O) groups excluding carboxylic acids is 1. The summed E-state index contributed by atoms with van der Waals surface area (Å²) in [5, 5.41) is 10.5. The Kier molecular flexibility index (Phi) is 5.61. The van der Waals surface area contributed by atoms with Crippen LogP contribution in [-0.2, 0) is 9.53 Å². The highest BCUT2D eigenvalue weighted by Crippen LogP contribution is 2.38. The Bertz CT molecular complexity index is 650. The maximum Gasteiger partial charge on any atom is 0.236 e. The molecule has 1 aromatic rings. The van der Waals surface area contributed by atoms with E-state index in [4.69, 9.17) is 9.47 Å². The first-order chi connectivity index (χ1) is 13.1.